The summed E-state index contributed by atoms with van der Waals surface area (Å²) in [6.45, 7) is 3.72. The summed E-state index contributed by atoms with van der Waals surface area (Å²) in [5.41, 5.74) is -1.29. The first-order valence-corrected chi connectivity index (χ1v) is 11.0. The Balaban J connectivity index is 1.78. The minimum Gasteiger partial charge on any atom is -0.480 e. The van der Waals surface area contributed by atoms with Gasteiger partial charge in [0.2, 0.25) is 17.6 Å². The van der Waals surface area contributed by atoms with Gasteiger partial charge in [0.15, 0.2) is 10.7 Å². The number of ether oxygens (including phenoxy) is 3. The maximum absolute atomic E-state index is 13.2. The first-order valence-electron chi connectivity index (χ1n) is 10.2. The number of rotatable bonds is 6. The fraction of sp³-hybridized carbons (Fsp3) is 0.381. The van der Waals surface area contributed by atoms with Crippen molar-refractivity contribution in [3.63, 3.8) is 0 Å². The maximum atomic E-state index is 13.2. The zero-order chi connectivity index (χ0) is 24.7. The average molecular weight is 495 g/mol. The van der Waals surface area contributed by atoms with E-state index in [0.29, 0.717) is 29.0 Å². The molecule has 0 aliphatic carbocycles. The highest BCUT2D eigenvalue weighted by atomic mass is 32.1. The molecule has 0 unspecified atom stereocenters. The molecular formula is C21H20F3N5O4S. The summed E-state index contributed by atoms with van der Waals surface area (Å²) < 4.78 is 56.0. The molecule has 1 amide bonds. The van der Waals surface area contributed by atoms with Crippen LogP contribution in [0.4, 0.5) is 18.3 Å². The largest absolute Gasteiger partial charge is 0.480 e. The molecule has 9 nitrogen and oxygen atoms in total. The number of carbonyl (C=O) groups excluding carboxylic acids is 1. The van der Waals surface area contributed by atoms with Crippen molar-refractivity contribution in [2.45, 2.75) is 38.5 Å². The number of aromatic nitrogens is 4. The second kappa shape index (κ2) is 8.70. The van der Waals surface area contributed by atoms with E-state index in [-0.39, 0.29) is 28.3 Å². The first-order chi connectivity index (χ1) is 16.2. The van der Waals surface area contributed by atoms with Crippen molar-refractivity contribution < 1.29 is 32.2 Å². The number of pyridine rings is 1. The fourth-order valence-electron chi connectivity index (χ4n) is 3.69. The summed E-state index contributed by atoms with van der Waals surface area (Å²) >= 11 is 1.17. The molecule has 1 aliphatic rings. The van der Waals surface area contributed by atoms with Crippen molar-refractivity contribution in [2.75, 3.05) is 19.5 Å². The molecule has 34 heavy (non-hydrogen) atoms. The van der Waals surface area contributed by atoms with Crippen molar-refractivity contribution in [2.24, 2.45) is 0 Å². The van der Waals surface area contributed by atoms with E-state index in [9.17, 15) is 18.0 Å². The highest BCUT2D eigenvalue weighted by Crippen LogP contribution is 2.51. The van der Waals surface area contributed by atoms with Crippen molar-refractivity contribution in [1.29, 1.82) is 0 Å². The molecule has 0 radical (unpaired) electrons. The van der Waals surface area contributed by atoms with Gasteiger partial charge >= 0.3 is 6.18 Å². The molecule has 3 aromatic heterocycles. The molecule has 3 aromatic rings. The number of nitrogens with zero attached hydrogens (tertiary/aromatic N) is 4. The summed E-state index contributed by atoms with van der Waals surface area (Å²) in [6.07, 6.45) is -2.50. The van der Waals surface area contributed by atoms with E-state index >= 15 is 0 Å². The van der Waals surface area contributed by atoms with Crippen LogP contribution in [0.5, 0.6) is 17.6 Å². The van der Waals surface area contributed by atoms with Gasteiger partial charge in [0.05, 0.1) is 30.4 Å². The number of hydrogen-bond donors (Lipinski definition) is 1. The van der Waals surface area contributed by atoms with E-state index in [1.165, 1.54) is 38.0 Å². The van der Waals surface area contributed by atoms with E-state index in [2.05, 4.69) is 25.3 Å². The SMILES string of the molecule is CCC1(CC)Oc2nc(C(F)(F)F)ccc2-c2nc(NC(=O)c3c(OC)ncnc3OC)sc21. The number of amides is 1. The number of halogens is 3. The van der Waals surface area contributed by atoms with Crippen LogP contribution >= 0.6 is 11.3 Å². The van der Waals surface area contributed by atoms with Crippen molar-refractivity contribution >= 4 is 22.4 Å². The number of alkyl halides is 3. The molecule has 13 heteroatoms. The number of fused-ring (bicyclic) bond motifs is 3. The van der Waals surface area contributed by atoms with Crippen molar-refractivity contribution in [3.05, 3.63) is 34.6 Å². The van der Waals surface area contributed by atoms with Gasteiger partial charge in [0.1, 0.15) is 17.6 Å². The van der Waals surface area contributed by atoms with Crippen LogP contribution in [0, 0.1) is 0 Å². The van der Waals surface area contributed by atoms with Gasteiger partial charge in [-0.3, -0.25) is 10.1 Å². The number of thiazole rings is 1. The Morgan fingerprint density at radius 3 is 2.32 bits per heavy atom. The molecule has 180 valence electrons. The van der Waals surface area contributed by atoms with Crippen LogP contribution in [-0.2, 0) is 11.8 Å². The van der Waals surface area contributed by atoms with Crippen molar-refractivity contribution in [3.8, 4) is 28.9 Å². The normalized spacial score (nSPS) is 14.0. The van der Waals surface area contributed by atoms with Gasteiger partial charge in [-0.25, -0.2) is 19.9 Å². The molecule has 1 aliphatic heterocycles. The van der Waals surface area contributed by atoms with Gasteiger partial charge < -0.3 is 14.2 Å². The Labute approximate surface area is 196 Å². The number of nitrogens with one attached hydrogen (secondary N) is 1. The minimum absolute atomic E-state index is 0.0136. The molecule has 0 saturated carbocycles. The zero-order valence-electron chi connectivity index (χ0n) is 18.6. The van der Waals surface area contributed by atoms with E-state index in [1.54, 1.807) is 0 Å². The first kappa shape index (κ1) is 23.7. The zero-order valence-corrected chi connectivity index (χ0v) is 19.4. The van der Waals surface area contributed by atoms with Crippen molar-refractivity contribution in [1.82, 2.24) is 19.9 Å². The van der Waals surface area contributed by atoms with E-state index in [1.807, 2.05) is 13.8 Å². The van der Waals surface area contributed by atoms with E-state index < -0.39 is 23.4 Å². The molecule has 0 spiro atoms. The summed E-state index contributed by atoms with van der Waals surface area (Å²) in [5, 5.41) is 2.90. The molecule has 0 saturated heterocycles. The quantitative estimate of drug-likeness (QED) is 0.525. The lowest BCUT2D eigenvalue weighted by Crippen LogP contribution is -2.34. The molecule has 1 N–H and O–H groups in total. The standard InChI is InChI=1S/C21H20F3N5O4S/c1-5-20(6-2)14-13(10-7-8-11(21(22,23)24)27-16(10)33-20)28-19(34-14)29-15(30)12-17(31-3)25-9-26-18(12)32-4/h7-9H,5-6H2,1-4H3,(H,28,29,30). The Hall–Kier alpha value is -3.48. The Morgan fingerprint density at radius 1 is 1.12 bits per heavy atom. The third-order valence-electron chi connectivity index (χ3n) is 5.49. The molecule has 0 bridgehead atoms. The Morgan fingerprint density at radius 2 is 1.76 bits per heavy atom. The molecule has 0 atom stereocenters. The van der Waals surface area contributed by atoms with Gasteiger partial charge in [0.25, 0.3) is 5.91 Å². The maximum Gasteiger partial charge on any atom is 0.433 e. The number of anilines is 1. The molecule has 4 rings (SSSR count). The Bertz CT molecular complexity index is 1220. The van der Waals surface area contributed by atoms with Crippen LogP contribution in [0.15, 0.2) is 18.5 Å². The van der Waals surface area contributed by atoms with Crippen LogP contribution in [-0.4, -0.2) is 40.1 Å². The molecule has 4 heterocycles. The van der Waals surface area contributed by atoms with Gasteiger partial charge in [0, 0.05) is 0 Å². The van der Waals surface area contributed by atoms with Gasteiger partial charge in [-0.15, -0.1) is 0 Å². The van der Waals surface area contributed by atoms with Gasteiger partial charge in [-0.05, 0) is 25.0 Å². The van der Waals surface area contributed by atoms with Gasteiger partial charge in [-0.1, -0.05) is 25.2 Å². The molecule has 0 fully saturated rings. The van der Waals surface area contributed by atoms with Crippen LogP contribution in [0.2, 0.25) is 0 Å². The smallest absolute Gasteiger partial charge is 0.433 e. The summed E-state index contributed by atoms with van der Waals surface area (Å²) in [5.74, 6) is -0.737. The minimum atomic E-state index is -4.61. The predicted octanol–water partition coefficient (Wildman–Crippen LogP) is 4.69. The lowest BCUT2D eigenvalue weighted by atomic mass is 9.90. The van der Waals surface area contributed by atoms with E-state index in [4.69, 9.17) is 14.2 Å². The average Bonchev–Trinajstić information content (AvgIpc) is 3.26. The van der Waals surface area contributed by atoms with E-state index in [0.717, 1.165) is 6.07 Å². The lowest BCUT2D eigenvalue weighted by Gasteiger charge is -2.35. The molecule has 0 aromatic carbocycles. The summed E-state index contributed by atoms with van der Waals surface area (Å²) in [4.78, 5) is 29.8. The molecular weight excluding hydrogens is 475 g/mol. The van der Waals surface area contributed by atoms with Crippen LogP contribution in [0.3, 0.4) is 0 Å². The number of hydrogen-bond acceptors (Lipinski definition) is 9. The second-order valence-corrected chi connectivity index (χ2v) is 8.27. The van der Waals surface area contributed by atoms with Gasteiger partial charge in [-0.2, -0.15) is 13.2 Å². The second-order valence-electron chi connectivity index (χ2n) is 7.27. The predicted molar refractivity (Wildman–Crippen MR) is 116 cm³/mol. The fourth-order valence-corrected chi connectivity index (χ4v) is 4.93. The highest BCUT2D eigenvalue weighted by Gasteiger charge is 2.43. The monoisotopic (exact) mass is 495 g/mol. The lowest BCUT2D eigenvalue weighted by molar-refractivity contribution is -0.141. The summed E-state index contributed by atoms with van der Waals surface area (Å²) in [6, 6.07) is 2.16. The highest BCUT2D eigenvalue weighted by molar-refractivity contribution is 7.16. The third kappa shape index (κ3) is 3.89. The summed E-state index contributed by atoms with van der Waals surface area (Å²) in [7, 11) is 2.71. The number of carbonyl (C=O) groups is 1. The Kier molecular flexibility index (Phi) is 6.06. The third-order valence-corrected chi connectivity index (χ3v) is 6.65. The topological polar surface area (TPSA) is 108 Å². The van der Waals surface area contributed by atoms with Crippen LogP contribution in [0.25, 0.3) is 11.3 Å². The van der Waals surface area contributed by atoms with Crippen LogP contribution in [0.1, 0.15) is 47.6 Å². The number of methoxy groups -OCH3 is 2. The van der Waals surface area contributed by atoms with Crippen LogP contribution < -0.4 is 19.5 Å².